The van der Waals surface area contributed by atoms with Crippen molar-refractivity contribution in [2.75, 3.05) is 5.88 Å². The molecule has 1 aliphatic rings. The molecule has 1 aliphatic carbocycles. The number of hydrogen-bond acceptors (Lipinski definition) is 5. The molecular formula is C10H12ClN5O. The van der Waals surface area contributed by atoms with Gasteiger partial charge in [0.15, 0.2) is 5.82 Å². The molecule has 90 valence electrons. The first-order valence-electron chi connectivity index (χ1n) is 5.62. The monoisotopic (exact) mass is 253 g/mol. The predicted octanol–water partition coefficient (Wildman–Crippen LogP) is 1.37. The van der Waals surface area contributed by atoms with Gasteiger partial charge in [-0.1, -0.05) is 10.4 Å². The highest BCUT2D eigenvalue weighted by Gasteiger charge is 2.28. The molecule has 6 nitrogen and oxygen atoms in total. The molecule has 2 aromatic heterocycles. The van der Waals surface area contributed by atoms with Crippen molar-refractivity contribution in [1.82, 2.24) is 25.1 Å². The third-order valence-electron chi connectivity index (χ3n) is 2.66. The Labute approximate surface area is 103 Å². The molecule has 0 aliphatic heterocycles. The topological polar surface area (TPSA) is 69.6 Å². The fourth-order valence-corrected chi connectivity index (χ4v) is 1.80. The first-order chi connectivity index (χ1) is 8.35. The van der Waals surface area contributed by atoms with Gasteiger partial charge in [0.2, 0.25) is 5.89 Å². The van der Waals surface area contributed by atoms with Crippen molar-refractivity contribution in [3.8, 4) is 0 Å². The van der Waals surface area contributed by atoms with E-state index in [1.807, 2.05) is 6.20 Å². The molecule has 0 radical (unpaired) electrons. The molecule has 0 N–H and O–H groups in total. The summed E-state index contributed by atoms with van der Waals surface area (Å²) in [6, 6.07) is 0. The highest BCUT2D eigenvalue weighted by atomic mass is 35.5. The minimum absolute atomic E-state index is 0.467. The van der Waals surface area contributed by atoms with Gasteiger partial charge in [-0.25, -0.2) is 4.68 Å². The molecule has 0 saturated heterocycles. The fraction of sp³-hybridized carbons (Fsp3) is 0.600. The van der Waals surface area contributed by atoms with Gasteiger partial charge in [0, 0.05) is 24.4 Å². The van der Waals surface area contributed by atoms with E-state index in [1.165, 1.54) is 12.8 Å². The average Bonchev–Trinajstić information content (AvgIpc) is 2.92. The standard InChI is InChI=1S/C10H12ClN5O/c11-4-3-8-5-16(15-13-8)6-9-12-10(14-17-9)7-1-2-7/h5,7H,1-4,6H2. The molecule has 17 heavy (non-hydrogen) atoms. The van der Waals surface area contributed by atoms with Gasteiger partial charge in [-0.2, -0.15) is 4.98 Å². The normalized spacial score (nSPS) is 15.4. The second-order valence-electron chi connectivity index (χ2n) is 4.17. The molecule has 1 fully saturated rings. The van der Waals surface area contributed by atoms with Gasteiger partial charge in [-0.15, -0.1) is 16.7 Å². The fourth-order valence-electron chi connectivity index (χ4n) is 1.61. The largest absolute Gasteiger partial charge is 0.337 e. The van der Waals surface area contributed by atoms with Crippen LogP contribution in [-0.4, -0.2) is 31.0 Å². The van der Waals surface area contributed by atoms with E-state index in [0.29, 0.717) is 24.2 Å². The zero-order valence-corrected chi connectivity index (χ0v) is 9.97. The lowest BCUT2D eigenvalue weighted by molar-refractivity contribution is 0.360. The Morgan fingerprint density at radius 1 is 1.47 bits per heavy atom. The van der Waals surface area contributed by atoms with Crippen LogP contribution in [0.1, 0.15) is 36.2 Å². The van der Waals surface area contributed by atoms with Gasteiger partial charge in [-0.05, 0) is 12.8 Å². The van der Waals surface area contributed by atoms with Gasteiger partial charge in [0.1, 0.15) is 6.54 Å². The number of halogens is 1. The van der Waals surface area contributed by atoms with Crippen LogP contribution in [0.5, 0.6) is 0 Å². The van der Waals surface area contributed by atoms with Crippen molar-refractivity contribution in [3.63, 3.8) is 0 Å². The van der Waals surface area contributed by atoms with Crippen LogP contribution in [0.15, 0.2) is 10.7 Å². The lowest BCUT2D eigenvalue weighted by Gasteiger charge is -1.92. The molecule has 0 aromatic carbocycles. The molecule has 0 atom stereocenters. The number of aryl methyl sites for hydroxylation is 1. The van der Waals surface area contributed by atoms with Crippen LogP contribution in [-0.2, 0) is 13.0 Å². The number of nitrogens with zero attached hydrogens (tertiary/aromatic N) is 5. The van der Waals surface area contributed by atoms with E-state index in [1.54, 1.807) is 4.68 Å². The minimum Gasteiger partial charge on any atom is -0.337 e. The van der Waals surface area contributed by atoms with Gasteiger partial charge in [0.25, 0.3) is 0 Å². The summed E-state index contributed by atoms with van der Waals surface area (Å²) in [6.07, 6.45) is 4.91. The Balaban J connectivity index is 1.67. The van der Waals surface area contributed by atoms with E-state index in [0.717, 1.165) is 17.9 Å². The Hall–Kier alpha value is -1.43. The number of hydrogen-bond donors (Lipinski definition) is 0. The summed E-state index contributed by atoms with van der Waals surface area (Å²) in [5, 5.41) is 11.9. The van der Waals surface area contributed by atoms with Crippen molar-refractivity contribution in [1.29, 1.82) is 0 Å². The van der Waals surface area contributed by atoms with Crippen LogP contribution >= 0.6 is 11.6 Å². The van der Waals surface area contributed by atoms with E-state index in [4.69, 9.17) is 16.1 Å². The average molecular weight is 254 g/mol. The van der Waals surface area contributed by atoms with Crippen molar-refractivity contribution < 1.29 is 4.52 Å². The second-order valence-corrected chi connectivity index (χ2v) is 4.54. The van der Waals surface area contributed by atoms with E-state index < -0.39 is 0 Å². The molecular weight excluding hydrogens is 242 g/mol. The molecule has 2 aromatic rings. The van der Waals surface area contributed by atoms with Gasteiger partial charge in [0.05, 0.1) is 5.69 Å². The third-order valence-corrected chi connectivity index (χ3v) is 2.85. The smallest absolute Gasteiger partial charge is 0.248 e. The van der Waals surface area contributed by atoms with Gasteiger partial charge < -0.3 is 4.52 Å². The molecule has 3 rings (SSSR count). The Morgan fingerprint density at radius 2 is 2.35 bits per heavy atom. The molecule has 0 unspecified atom stereocenters. The quantitative estimate of drug-likeness (QED) is 0.753. The van der Waals surface area contributed by atoms with Crippen LogP contribution in [0, 0.1) is 0 Å². The van der Waals surface area contributed by atoms with Crippen molar-refractivity contribution in [2.24, 2.45) is 0 Å². The molecule has 0 amide bonds. The summed E-state index contributed by atoms with van der Waals surface area (Å²) in [6.45, 7) is 0.467. The zero-order chi connectivity index (χ0) is 11.7. The minimum atomic E-state index is 0.467. The highest BCUT2D eigenvalue weighted by molar-refractivity contribution is 6.17. The van der Waals surface area contributed by atoms with Gasteiger partial charge >= 0.3 is 0 Å². The van der Waals surface area contributed by atoms with Crippen LogP contribution in [0.4, 0.5) is 0 Å². The van der Waals surface area contributed by atoms with Crippen molar-refractivity contribution in [3.05, 3.63) is 23.6 Å². The summed E-state index contributed by atoms with van der Waals surface area (Å²) in [4.78, 5) is 4.33. The maximum Gasteiger partial charge on any atom is 0.248 e. The number of aromatic nitrogens is 5. The summed E-state index contributed by atoms with van der Waals surface area (Å²) in [7, 11) is 0. The Bertz CT molecular complexity index is 504. The molecule has 7 heteroatoms. The number of alkyl halides is 1. The SMILES string of the molecule is ClCCc1cn(Cc2nc(C3CC3)no2)nn1. The number of rotatable bonds is 5. The maximum atomic E-state index is 5.63. The molecule has 0 spiro atoms. The van der Waals surface area contributed by atoms with Crippen LogP contribution in [0.3, 0.4) is 0 Å². The van der Waals surface area contributed by atoms with Gasteiger partial charge in [-0.3, -0.25) is 0 Å². The van der Waals surface area contributed by atoms with E-state index in [-0.39, 0.29) is 0 Å². The van der Waals surface area contributed by atoms with E-state index >= 15 is 0 Å². The van der Waals surface area contributed by atoms with Crippen LogP contribution in [0.25, 0.3) is 0 Å². The molecule has 1 saturated carbocycles. The van der Waals surface area contributed by atoms with Crippen LogP contribution < -0.4 is 0 Å². The van der Waals surface area contributed by atoms with Crippen molar-refractivity contribution in [2.45, 2.75) is 31.7 Å². The van der Waals surface area contributed by atoms with E-state index in [2.05, 4.69) is 20.5 Å². The summed E-state index contributed by atoms with van der Waals surface area (Å²) in [5.74, 6) is 2.45. The Morgan fingerprint density at radius 3 is 3.12 bits per heavy atom. The zero-order valence-electron chi connectivity index (χ0n) is 9.21. The van der Waals surface area contributed by atoms with E-state index in [9.17, 15) is 0 Å². The lowest BCUT2D eigenvalue weighted by Crippen LogP contribution is -2.00. The summed E-state index contributed by atoms with van der Waals surface area (Å²) >= 11 is 5.63. The molecule has 2 heterocycles. The summed E-state index contributed by atoms with van der Waals surface area (Å²) in [5.41, 5.74) is 0.877. The first kappa shape index (κ1) is 10.7. The molecule has 0 bridgehead atoms. The maximum absolute atomic E-state index is 5.63. The first-order valence-corrected chi connectivity index (χ1v) is 6.16. The highest BCUT2D eigenvalue weighted by Crippen LogP contribution is 2.38. The summed E-state index contributed by atoms with van der Waals surface area (Å²) < 4.78 is 6.85. The van der Waals surface area contributed by atoms with Crippen molar-refractivity contribution >= 4 is 11.6 Å². The second kappa shape index (κ2) is 4.44. The van der Waals surface area contributed by atoms with Crippen LogP contribution in [0.2, 0.25) is 0 Å². The predicted molar refractivity (Wildman–Crippen MR) is 59.8 cm³/mol. The lowest BCUT2D eigenvalue weighted by atomic mass is 10.4. The third kappa shape index (κ3) is 2.46. The Kier molecular flexibility index (Phi) is 2.80.